The van der Waals surface area contributed by atoms with Gasteiger partial charge in [0.15, 0.2) is 5.76 Å². The van der Waals surface area contributed by atoms with E-state index in [0.717, 1.165) is 5.56 Å². The van der Waals surface area contributed by atoms with E-state index in [-0.39, 0.29) is 11.4 Å². The van der Waals surface area contributed by atoms with Crippen LogP contribution < -0.4 is 4.74 Å². The third kappa shape index (κ3) is 3.95. The smallest absolute Gasteiger partial charge is 0.290 e. The second-order valence-electron chi connectivity index (χ2n) is 6.32. The highest BCUT2D eigenvalue weighted by atomic mass is 32.1. The minimum atomic E-state index is -0.644. The fourth-order valence-corrected chi connectivity index (χ4v) is 3.97. The Bertz CT molecular complexity index is 857. The zero-order chi connectivity index (χ0) is 20.1. The molecule has 0 fully saturated rings. The molecule has 0 radical (unpaired) electrons. The maximum atomic E-state index is 13.1. The summed E-state index contributed by atoms with van der Waals surface area (Å²) in [7, 11) is 1.59. The summed E-state index contributed by atoms with van der Waals surface area (Å²) in [5.74, 6) is -0.626. The normalized spacial score (nSPS) is 16.7. The lowest BCUT2D eigenvalue weighted by Gasteiger charge is -2.26. The Morgan fingerprint density at radius 1 is 1.25 bits per heavy atom. The van der Waals surface area contributed by atoms with Crippen molar-refractivity contribution in [3.05, 3.63) is 63.6 Å². The van der Waals surface area contributed by atoms with Gasteiger partial charge in [-0.05, 0) is 42.5 Å². The average molecular weight is 401 g/mol. The van der Waals surface area contributed by atoms with E-state index in [4.69, 9.17) is 9.47 Å². The third-order valence-electron chi connectivity index (χ3n) is 4.55. The van der Waals surface area contributed by atoms with E-state index < -0.39 is 17.7 Å². The standard InChI is InChI=1S/C21H23NO5S/c1-3-27-15-9-7-14(8-10-15)18-17(19(23)16-6-4-13-28-16)20(24)21(25)22(18)11-5-12-26-2/h4,6-10,13,18,24H,3,5,11-12H2,1-2H3/t18-/m1/s1. The molecule has 1 aromatic carbocycles. The molecule has 3 rings (SSSR count). The molecule has 0 spiro atoms. The molecule has 28 heavy (non-hydrogen) atoms. The van der Waals surface area contributed by atoms with E-state index in [9.17, 15) is 14.7 Å². The van der Waals surface area contributed by atoms with Crippen molar-refractivity contribution in [2.24, 2.45) is 0 Å². The van der Waals surface area contributed by atoms with Crippen molar-refractivity contribution in [3.63, 3.8) is 0 Å². The number of methoxy groups -OCH3 is 1. The molecule has 0 saturated heterocycles. The molecular formula is C21H23NO5S. The molecule has 1 aromatic heterocycles. The SMILES string of the molecule is CCOc1ccc([C@@H]2C(C(=O)c3cccs3)=C(O)C(=O)N2CCCOC)cc1. The third-order valence-corrected chi connectivity index (χ3v) is 5.42. The van der Waals surface area contributed by atoms with E-state index in [1.54, 1.807) is 36.8 Å². The minimum absolute atomic E-state index is 0.119. The molecule has 1 amide bonds. The van der Waals surface area contributed by atoms with Gasteiger partial charge in [0.05, 0.1) is 23.1 Å². The molecule has 0 saturated carbocycles. The van der Waals surface area contributed by atoms with Crippen molar-refractivity contribution >= 4 is 23.0 Å². The summed E-state index contributed by atoms with van der Waals surface area (Å²) in [5.41, 5.74) is 0.868. The van der Waals surface area contributed by atoms with Crippen LogP contribution in [0.4, 0.5) is 0 Å². The van der Waals surface area contributed by atoms with Crippen LogP contribution in [0, 0.1) is 0 Å². The number of Topliss-reactive ketones (excluding diaryl/α,β-unsaturated/α-hetero) is 1. The van der Waals surface area contributed by atoms with Gasteiger partial charge < -0.3 is 19.5 Å². The number of aliphatic hydroxyl groups excluding tert-OH is 1. The quantitative estimate of drug-likeness (QED) is 0.511. The Morgan fingerprint density at radius 3 is 2.61 bits per heavy atom. The number of ketones is 1. The van der Waals surface area contributed by atoms with E-state index in [1.807, 2.05) is 19.1 Å². The molecule has 1 atom stereocenters. The van der Waals surface area contributed by atoms with Crippen LogP contribution >= 0.6 is 11.3 Å². The first-order chi connectivity index (χ1) is 13.6. The molecule has 1 aliphatic heterocycles. The van der Waals surface area contributed by atoms with Crippen LogP contribution in [0.25, 0.3) is 0 Å². The van der Waals surface area contributed by atoms with Crippen LogP contribution in [0.2, 0.25) is 0 Å². The van der Waals surface area contributed by atoms with E-state index >= 15 is 0 Å². The predicted octanol–water partition coefficient (Wildman–Crippen LogP) is 3.76. The molecule has 148 valence electrons. The van der Waals surface area contributed by atoms with Crippen LogP contribution in [0.15, 0.2) is 53.1 Å². The van der Waals surface area contributed by atoms with Gasteiger partial charge in [-0.2, -0.15) is 0 Å². The van der Waals surface area contributed by atoms with Crippen LogP contribution in [0.3, 0.4) is 0 Å². The molecule has 7 heteroatoms. The van der Waals surface area contributed by atoms with Gasteiger partial charge in [0.25, 0.3) is 5.91 Å². The largest absolute Gasteiger partial charge is 0.503 e. The second kappa shape index (κ2) is 9.03. The van der Waals surface area contributed by atoms with Crippen molar-refractivity contribution in [2.75, 3.05) is 26.9 Å². The van der Waals surface area contributed by atoms with Gasteiger partial charge in [-0.1, -0.05) is 18.2 Å². The number of rotatable bonds is 9. The van der Waals surface area contributed by atoms with Crippen LogP contribution in [0.5, 0.6) is 5.75 Å². The van der Waals surface area contributed by atoms with Crippen molar-refractivity contribution < 1.29 is 24.2 Å². The lowest BCUT2D eigenvalue weighted by atomic mass is 9.95. The number of ether oxygens (including phenoxy) is 2. The highest BCUT2D eigenvalue weighted by Crippen LogP contribution is 2.40. The monoisotopic (exact) mass is 401 g/mol. The summed E-state index contributed by atoms with van der Waals surface area (Å²) in [6.45, 7) is 3.30. The minimum Gasteiger partial charge on any atom is -0.503 e. The summed E-state index contributed by atoms with van der Waals surface area (Å²) in [6.07, 6.45) is 0.601. The Labute approximate surface area is 168 Å². The van der Waals surface area contributed by atoms with Crippen LogP contribution in [-0.4, -0.2) is 48.6 Å². The zero-order valence-corrected chi connectivity index (χ0v) is 16.7. The van der Waals surface area contributed by atoms with Gasteiger partial charge in [0, 0.05) is 20.3 Å². The average Bonchev–Trinajstić information content (AvgIpc) is 3.32. The van der Waals surface area contributed by atoms with Crippen molar-refractivity contribution in [3.8, 4) is 5.75 Å². The molecule has 2 aromatic rings. The molecular weight excluding hydrogens is 378 g/mol. The first-order valence-corrected chi connectivity index (χ1v) is 10.0. The number of nitrogens with zero attached hydrogens (tertiary/aromatic N) is 1. The Morgan fingerprint density at radius 2 is 2.00 bits per heavy atom. The lowest BCUT2D eigenvalue weighted by Crippen LogP contribution is -2.32. The Balaban J connectivity index is 1.99. The van der Waals surface area contributed by atoms with Gasteiger partial charge in [0.2, 0.25) is 5.78 Å². The zero-order valence-electron chi connectivity index (χ0n) is 15.9. The van der Waals surface area contributed by atoms with Crippen LogP contribution in [0.1, 0.15) is 34.6 Å². The highest BCUT2D eigenvalue weighted by molar-refractivity contribution is 7.12. The van der Waals surface area contributed by atoms with Crippen molar-refractivity contribution in [2.45, 2.75) is 19.4 Å². The van der Waals surface area contributed by atoms with Crippen molar-refractivity contribution in [1.82, 2.24) is 4.90 Å². The molecule has 2 heterocycles. The van der Waals surface area contributed by atoms with Crippen molar-refractivity contribution in [1.29, 1.82) is 0 Å². The number of carbonyl (C=O) groups excluding carboxylic acids is 2. The maximum absolute atomic E-state index is 13.1. The molecule has 1 aliphatic rings. The van der Waals surface area contributed by atoms with E-state index in [0.29, 0.717) is 36.8 Å². The lowest BCUT2D eigenvalue weighted by molar-refractivity contribution is -0.129. The number of carbonyl (C=O) groups is 2. The van der Waals surface area contributed by atoms with Gasteiger partial charge in [-0.25, -0.2) is 0 Å². The van der Waals surface area contributed by atoms with Gasteiger partial charge >= 0.3 is 0 Å². The predicted molar refractivity (Wildman–Crippen MR) is 107 cm³/mol. The van der Waals surface area contributed by atoms with Gasteiger partial charge in [-0.3, -0.25) is 9.59 Å². The van der Waals surface area contributed by atoms with Crippen LogP contribution in [-0.2, 0) is 9.53 Å². The number of amides is 1. The van der Waals surface area contributed by atoms with E-state index in [2.05, 4.69) is 0 Å². The molecule has 0 bridgehead atoms. The van der Waals surface area contributed by atoms with E-state index in [1.165, 1.54) is 16.2 Å². The number of benzene rings is 1. The summed E-state index contributed by atoms with van der Waals surface area (Å²) in [4.78, 5) is 27.8. The summed E-state index contributed by atoms with van der Waals surface area (Å²) >= 11 is 1.29. The summed E-state index contributed by atoms with van der Waals surface area (Å²) in [6, 6.07) is 10.1. The fourth-order valence-electron chi connectivity index (χ4n) is 3.30. The second-order valence-corrected chi connectivity index (χ2v) is 7.27. The Hall–Kier alpha value is -2.64. The summed E-state index contributed by atoms with van der Waals surface area (Å²) in [5, 5.41) is 12.3. The fraction of sp³-hybridized carbons (Fsp3) is 0.333. The maximum Gasteiger partial charge on any atom is 0.290 e. The number of hydrogen-bond acceptors (Lipinski definition) is 6. The molecule has 0 unspecified atom stereocenters. The number of thiophene rings is 1. The highest BCUT2D eigenvalue weighted by Gasteiger charge is 2.43. The molecule has 1 N–H and O–H groups in total. The first-order valence-electron chi connectivity index (χ1n) is 9.12. The molecule has 0 aliphatic carbocycles. The number of aliphatic hydroxyl groups is 1. The topological polar surface area (TPSA) is 76.1 Å². The van der Waals surface area contributed by atoms with Gasteiger partial charge in [0.1, 0.15) is 5.75 Å². The summed E-state index contributed by atoms with van der Waals surface area (Å²) < 4.78 is 10.6. The number of hydrogen-bond donors (Lipinski definition) is 1. The Kier molecular flexibility index (Phi) is 6.49. The van der Waals surface area contributed by atoms with Gasteiger partial charge in [-0.15, -0.1) is 11.3 Å². The first kappa shape index (κ1) is 20.1. The molecule has 6 nitrogen and oxygen atoms in total.